The molecule has 1 amide bonds. The number of aryl methyl sites for hydroxylation is 1. The minimum atomic E-state index is -3.08. The Labute approximate surface area is 165 Å². The zero-order valence-corrected chi connectivity index (χ0v) is 16.7. The molecule has 0 N–H and O–H groups in total. The van der Waals surface area contributed by atoms with Crippen molar-refractivity contribution < 1.29 is 13.2 Å². The summed E-state index contributed by atoms with van der Waals surface area (Å²) in [7, 11) is -3.08. The number of halogens is 1. The zero-order chi connectivity index (χ0) is 19.4. The lowest BCUT2D eigenvalue weighted by atomic mass is 10.1. The molecule has 0 radical (unpaired) electrons. The number of rotatable bonds is 5. The Bertz CT molecular complexity index is 934. The molecule has 1 atom stereocenters. The first-order valence-corrected chi connectivity index (χ1v) is 11.0. The minimum Gasteiger partial charge on any atom is -0.331 e. The summed E-state index contributed by atoms with van der Waals surface area (Å²) in [5, 5.41) is 0.624. The summed E-state index contributed by atoms with van der Waals surface area (Å²) in [6, 6.07) is 14.8. The number of benzene rings is 2. The fourth-order valence-corrected chi connectivity index (χ4v) is 4.99. The van der Waals surface area contributed by atoms with Gasteiger partial charge in [0.1, 0.15) is 0 Å². The van der Waals surface area contributed by atoms with E-state index in [0.29, 0.717) is 18.0 Å². The van der Waals surface area contributed by atoms with Gasteiger partial charge in [0.25, 0.3) is 0 Å². The molecule has 1 aliphatic rings. The van der Waals surface area contributed by atoms with Gasteiger partial charge in [-0.25, -0.2) is 8.42 Å². The lowest BCUT2D eigenvalue weighted by Gasteiger charge is -2.27. The van der Waals surface area contributed by atoms with Crippen molar-refractivity contribution >= 4 is 33.4 Å². The number of hydrogen-bond donors (Lipinski definition) is 0. The van der Waals surface area contributed by atoms with E-state index in [1.54, 1.807) is 23.1 Å². The molecule has 1 aliphatic heterocycles. The van der Waals surface area contributed by atoms with Crippen LogP contribution in [0.1, 0.15) is 23.1 Å². The third-order valence-corrected chi connectivity index (χ3v) is 6.70. The lowest BCUT2D eigenvalue weighted by molar-refractivity contribution is -0.128. The normalized spacial score (nSPS) is 18.7. The summed E-state index contributed by atoms with van der Waals surface area (Å²) in [5.74, 6) is -0.0401. The van der Waals surface area contributed by atoms with Gasteiger partial charge in [-0.3, -0.25) is 4.79 Å². The molecule has 0 bridgehead atoms. The van der Waals surface area contributed by atoms with Crippen LogP contribution in [0.3, 0.4) is 0 Å². The van der Waals surface area contributed by atoms with E-state index in [1.807, 2.05) is 43.3 Å². The average molecular weight is 404 g/mol. The molecule has 2 aromatic carbocycles. The van der Waals surface area contributed by atoms with Crippen LogP contribution < -0.4 is 0 Å². The molecule has 0 spiro atoms. The standard InChI is InChI=1S/C21H22ClNO3S/c1-16-2-4-17(5-3-16)8-11-21(24)23(20-12-13-27(25,26)15-20)14-18-6-9-19(22)10-7-18/h2-11,20H,12-15H2,1H3/b11-8+/t20-/m0/s1. The molecule has 6 heteroatoms. The molecule has 0 aromatic heterocycles. The van der Waals surface area contributed by atoms with Crippen LogP contribution in [0.2, 0.25) is 5.02 Å². The van der Waals surface area contributed by atoms with Crippen molar-refractivity contribution in [2.24, 2.45) is 0 Å². The quantitative estimate of drug-likeness (QED) is 0.712. The van der Waals surface area contributed by atoms with Crippen LogP contribution >= 0.6 is 11.6 Å². The van der Waals surface area contributed by atoms with E-state index in [2.05, 4.69) is 0 Å². The predicted octanol–water partition coefficient (Wildman–Crippen LogP) is 3.88. The maximum Gasteiger partial charge on any atom is 0.247 e. The molecule has 0 aliphatic carbocycles. The highest BCUT2D eigenvalue weighted by atomic mass is 35.5. The van der Waals surface area contributed by atoms with Crippen LogP contribution in [0.25, 0.3) is 6.08 Å². The highest BCUT2D eigenvalue weighted by Gasteiger charge is 2.34. The Balaban J connectivity index is 1.80. The van der Waals surface area contributed by atoms with E-state index in [-0.39, 0.29) is 23.5 Å². The number of nitrogens with zero attached hydrogens (tertiary/aromatic N) is 1. The zero-order valence-electron chi connectivity index (χ0n) is 15.1. The van der Waals surface area contributed by atoms with Gasteiger partial charge in [-0.1, -0.05) is 53.6 Å². The summed E-state index contributed by atoms with van der Waals surface area (Å²) in [6.07, 6.45) is 3.76. The van der Waals surface area contributed by atoms with Crippen molar-refractivity contribution in [3.63, 3.8) is 0 Å². The van der Waals surface area contributed by atoms with Crippen molar-refractivity contribution in [2.45, 2.75) is 25.9 Å². The van der Waals surface area contributed by atoms with Crippen molar-refractivity contribution in [1.29, 1.82) is 0 Å². The molecular weight excluding hydrogens is 382 g/mol. The summed E-state index contributed by atoms with van der Waals surface area (Å²) < 4.78 is 23.8. The fourth-order valence-electron chi connectivity index (χ4n) is 3.14. The van der Waals surface area contributed by atoms with E-state index >= 15 is 0 Å². The van der Waals surface area contributed by atoms with Gasteiger partial charge in [0.2, 0.25) is 5.91 Å². The van der Waals surface area contributed by atoms with Gasteiger partial charge < -0.3 is 4.90 Å². The van der Waals surface area contributed by atoms with Crippen LogP contribution in [-0.2, 0) is 21.2 Å². The number of sulfone groups is 1. The third-order valence-electron chi connectivity index (χ3n) is 4.69. The molecular formula is C21H22ClNO3S. The molecule has 3 rings (SSSR count). The second-order valence-corrected chi connectivity index (χ2v) is 9.56. The van der Waals surface area contributed by atoms with Gasteiger partial charge in [0.15, 0.2) is 9.84 Å². The second-order valence-electron chi connectivity index (χ2n) is 6.89. The van der Waals surface area contributed by atoms with E-state index < -0.39 is 9.84 Å². The molecule has 0 unspecified atom stereocenters. The first kappa shape index (κ1) is 19.6. The topological polar surface area (TPSA) is 54.5 Å². The number of hydrogen-bond acceptors (Lipinski definition) is 3. The van der Waals surface area contributed by atoms with E-state index in [0.717, 1.165) is 16.7 Å². The SMILES string of the molecule is Cc1ccc(/C=C/C(=O)N(Cc2ccc(Cl)cc2)[C@H]2CCS(=O)(=O)C2)cc1. The van der Waals surface area contributed by atoms with Crippen molar-refractivity contribution in [3.8, 4) is 0 Å². The number of carbonyl (C=O) groups is 1. The largest absolute Gasteiger partial charge is 0.331 e. The molecule has 1 fully saturated rings. The highest BCUT2D eigenvalue weighted by Crippen LogP contribution is 2.21. The summed E-state index contributed by atoms with van der Waals surface area (Å²) in [6.45, 7) is 2.36. The minimum absolute atomic E-state index is 0.0186. The first-order valence-electron chi connectivity index (χ1n) is 8.83. The Morgan fingerprint density at radius 1 is 1.15 bits per heavy atom. The lowest BCUT2D eigenvalue weighted by Crippen LogP contribution is -2.39. The van der Waals surface area contributed by atoms with Crippen LogP contribution in [0.15, 0.2) is 54.6 Å². The van der Waals surface area contributed by atoms with Crippen molar-refractivity contribution in [3.05, 3.63) is 76.3 Å². The van der Waals surface area contributed by atoms with Crippen molar-refractivity contribution in [2.75, 3.05) is 11.5 Å². The molecule has 0 saturated carbocycles. The summed E-state index contributed by atoms with van der Waals surface area (Å²) >= 11 is 5.93. The van der Waals surface area contributed by atoms with Crippen LogP contribution in [0.4, 0.5) is 0 Å². The third kappa shape index (κ3) is 5.44. The number of amides is 1. The predicted molar refractivity (Wildman–Crippen MR) is 109 cm³/mol. The summed E-state index contributed by atoms with van der Waals surface area (Å²) in [4.78, 5) is 14.5. The van der Waals surface area contributed by atoms with Crippen LogP contribution in [0, 0.1) is 6.92 Å². The Hall–Kier alpha value is -2.11. The van der Waals surface area contributed by atoms with Gasteiger partial charge in [-0.15, -0.1) is 0 Å². The van der Waals surface area contributed by atoms with E-state index in [1.165, 1.54) is 6.08 Å². The Morgan fingerprint density at radius 3 is 2.41 bits per heavy atom. The molecule has 2 aromatic rings. The summed E-state index contributed by atoms with van der Waals surface area (Å²) in [5.41, 5.74) is 3.00. The molecule has 1 heterocycles. The van der Waals surface area contributed by atoms with Gasteiger partial charge in [0, 0.05) is 23.7 Å². The van der Waals surface area contributed by atoms with Crippen molar-refractivity contribution in [1.82, 2.24) is 4.90 Å². The van der Waals surface area contributed by atoms with Gasteiger partial charge in [-0.05, 0) is 42.7 Å². The average Bonchev–Trinajstić information content (AvgIpc) is 3.00. The Kier molecular flexibility index (Phi) is 6.02. The fraction of sp³-hybridized carbons (Fsp3) is 0.286. The molecule has 1 saturated heterocycles. The van der Waals surface area contributed by atoms with Gasteiger partial charge >= 0.3 is 0 Å². The van der Waals surface area contributed by atoms with Crippen LogP contribution in [-0.4, -0.2) is 36.8 Å². The van der Waals surface area contributed by atoms with Crippen LogP contribution in [0.5, 0.6) is 0 Å². The maximum atomic E-state index is 12.9. The molecule has 27 heavy (non-hydrogen) atoms. The second kappa shape index (κ2) is 8.28. The van der Waals surface area contributed by atoms with E-state index in [4.69, 9.17) is 11.6 Å². The van der Waals surface area contributed by atoms with Gasteiger partial charge in [-0.2, -0.15) is 0 Å². The molecule has 142 valence electrons. The smallest absolute Gasteiger partial charge is 0.247 e. The highest BCUT2D eigenvalue weighted by molar-refractivity contribution is 7.91. The molecule has 4 nitrogen and oxygen atoms in total. The maximum absolute atomic E-state index is 12.9. The Morgan fingerprint density at radius 2 is 1.81 bits per heavy atom. The monoisotopic (exact) mass is 403 g/mol. The van der Waals surface area contributed by atoms with E-state index in [9.17, 15) is 13.2 Å². The number of carbonyl (C=O) groups excluding carboxylic acids is 1. The first-order chi connectivity index (χ1) is 12.8. The van der Waals surface area contributed by atoms with Gasteiger partial charge in [0.05, 0.1) is 11.5 Å².